The highest BCUT2D eigenvalue weighted by Gasteiger charge is 2.15. The van der Waals surface area contributed by atoms with E-state index in [1.165, 1.54) is 57.9 Å². The average Bonchev–Trinajstić information content (AvgIpc) is 2.70. The number of aliphatic hydroxyl groups is 1. The Morgan fingerprint density at radius 1 is 0.929 bits per heavy atom. The molecule has 144 valence electrons. The fourth-order valence-electron chi connectivity index (χ4n) is 2.81. The molecule has 1 N–H and O–H groups in total. The molecule has 0 saturated carbocycles. The Labute approximate surface area is 159 Å². The topological polar surface area (TPSA) is 64.2 Å². The molecule has 0 aliphatic rings. The molecular weight excluding hydrogens is 366 g/mol. The number of hydrogen-bond donors (Lipinski definition) is 1. The molecular formula is C21H18F2N2O3. The summed E-state index contributed by atoms with van der Waals surface area (Å²) in [5, 5.41) is 9.79. The molecule has 0 aliphatic carbocycles. The Morgan fingerprint density at radius 3 is 2.14 bits per heavy atom. The smallest absolute Gasteiger partial charge is 0.250 e. The van der Waals surface area contributed by atoms with Gasteiger partial charge in [-0.3, -0.25) is 9.59 Å². The molecule has 3 aromatic rings. The van der Waals surface area contributed by atoms with Crippen LogP contribution in [0.5, 0.6) is 0 Å². The molecule has 0 amide bonds. The van der Waals surface area contributed by atoms with Crippen LogP contribution in [0, 0.1) is 11.6 Å². The molecule has 2 aromatic heterocycles. The number of hydrogen-bond acceptors (Lipinski definition) is 3. The summed E-state index contributed by atoms with van der Waals surface area (Å²) in [6.07, 6.45) is 4.34. The second-order valence-corrected chi connectivity index (χ2v) is 6.24. The lowest BCUT2D eigenvalue weighted by Crippen LogP contribution is -2.21. The molecule has 1 aromatic carbocycles. The molecule has 0 unspecified atom stereocenters. The van der Waals surface area contributed by atoms with Gasteiger partial charge in [-0.1, -0.05) is 18.2 Å². The van der Waals surface area contributed by atoms with Crippen molar-refractivity contribution in [1.82, 2.24) is 9.13 Å². The Bertz CT molecular complexity index is 1160. The maximum absolute atomic E-state index is 14.6. The van der Waals surface area contributed by atoms with Crippen LogP contribution in [0.2, 0.25) is 0 Å². The third-order valence-corrected chi connectivity index (χ3v) is 4.38. The summed E-state index contributed by atoms with van der Waals surface area (Å²) < 4.78 is 31.5. The molecule has 0 aliphatic heterocycles. The van der Waals surface area contributed by atoms with Gasteiger partial charge in [-0.25, -0.2) is 8.78 Å². The number of benzene rings is 1. The second kappa shape index (κ2) is 8.04. The Morgan fingerprint density at radius 2 is 1.54 bits per heavy atom. The maximum Gasteiger partial charge on any atom is 0.250 e. The molecule has 0 radical (unpaired) electrons. The number of nitrogens with zero attached hydrogens (tertiary/aromatic N) is 2. The first-order chi connectivity index (χ1) is 13.4. The summed E-state index contributed by atoms with van der Waals surface area (Å²) in [5.41, 5.74) is -0.322. The summed E-state index contributed by atoms with van der Waals surface area (Å²) in [6, 6.07) is 10.0. The second-order valence-electron chi connectivity index (χ2n) is 6.24. The summed E-state index contributed by atoms with van der Waals surface area (Å²) >= 11 is 0. The number of aliphatic hydroxyl groups excluding tert-OH is 1. The minimum atomic E-state index is -1.07. The Hall–Kier alpha value is -3.48. The SMILES string of the molecule is CC=C(O)c1ccc(=O)n(Cc2ccc(Cn3ccccc3=O)c(F)c2F)c1. The number of pyridine rings is 2. The number of aromatic nitrogens is 2. The van der Waals surface area contributed by atoms with Crippen LogP contribution in [0.25, 0.3) is 5.76 Å². The summed E-state index contributed by atoms with van der Waals surface area (Å²) in [5.74, 6) is -2.16. The predicted octanol–water partition coefficient (Wildman–Crippen LogP) is 3.30. The highest BCUT2D eigenvalue weighted by Crippen LogP contribution is 2.18. The van der Waals surface area contributed by atoms with Crippen LogP contribution in [0.1, 0.15) is 23.6 Å². The van der Waals surface area contributed by atoms with E-state index >= 15 is 0 Å². The van der Waals surface area contributed by atoms with Crippen LogP contribution in [-0.4, -0.2) is 14.2 Å². The molecule has 0 bridgehead atoms. The zero-order valence-corrected chi connectivity index (χ0v) is 15.1. The fourth-order valence-corrected chi connectivity index (χ4v) is 2.81. The van der Waals surface area contributed by atoms with E-state index in [9.17, 15) is 23.5 Å². The molecule has 28 heavy (non-hydrogen) atoms. The molecule has 0 fully saturated rings. The van der Waals surface area contributed by atoms with E-state index in [0.717, 1.165) is 0 Å². The summed E-state index contributed by atoms with van der Waals surface area (Å²) in [7, 11) is 0. The van der Waals surface area contributed by atoms with Crippen molar-refractivity contribution in [3.05, 3.63) is 110 Å². The molecule has 0 saturated heterocycles. The highest BCUT2D eigenvalue weighted by atomic mass is 19.2. The average molecular weight is 384 g/mol. The Balaban J connectivity index is 1.93. The van der Waals surface area contributed by atoms with Crippen molar-refractivity contribution in [3.8, 4) is 0 Å². The fraction of sp³-hybridized carbons (Fsp3) is 0.143. The van der Waals surface area contributed by atoms with E-state index in [1.807, 2.05) is 0 Å². The van der Waals surface area contributed by atoms with E-state index < -0.39 is 17.2 Å². The van der Waals surface area contributed by atoms with E-state index in [0.29, 0.717) is 5.56 Å². The first-order valence-corrected chi connectivity index (χ1v) is 8.58. The van der Waals surface area contributed by atoms with Crippen molar-refractivity contribution >= 4 is 5.76 Å². The van der Waals surface area contributed by atoms with Gasteiger partial charge in [-0.2, -0.15) is 0 Å². The minimum Gasteiger partial charge on any atom is -0.508 e. The lowest BCUT2D eigenvalue weighted by molar-refractivity contribution is 0.481. The van der Waals surface area contributed by atoms with Gasteiger partial charge in [-0.15, -0.1) is 0 Å². The highest BCUT2D eigenvalue weighted by molar-refractivity contribution is 5.56. The van der Waals surface area contributed by atoms with Crippen LogP contribution < -0.4 is 11.1 Å². The first-order valence-electron chi connectivity index (χ1n) is 8.58. The van der Waals surface area contributed by atoms with Gasteiger partial charge in [0.2, 0.25) is 0 Å². The van der Waals surface area contributed by atoms with E-state index in [-0.39, 0.29) is 35.5 Å². The molecule has 3 rings (SSSR count). The normalized spacial score (nSPS) is 11.6. The van der Waals surface area contributed by atoms with Crippen LogP contribution in [0.4, 0.5) is 8.78 Å². The van der Waals surface area contributed by atoms with Crippen LogP contribution in [-0.2, 0) is 13.1 Å². The monoisotopic (exact) mass is 384 g/mol. The van der Waals surface area contributed by atoms with E-state index in [2.05, 4.69) is 0 Å². The lowest BCUT2D eigenvalue weighted by atomic mass is 10.1. The quantitative estimate of drug-likeness (QED) is 0.687. The van der Waals surface area contributed by atoms with E-state index in [1.54, 1.807) is 19.1 Å². The Kier molecular flexibility index (Phi) is 5.54. The summed E-state index contributed by atoms with van der Waals surface area (Å²) in [4.78, 5) is 23.8. The van der Waals surface area contributed by atoms with Crippen molar-refractivity contribution in [2.45, 2.75) is 20.0 Å². The van der Waals surface area contributed by atoms with Crippen LogP contribution in [0.15, 0.2) is 70.5 Å². The van der Waals surface area contributed by atoms with Crippen molar-refractivity contribution < 1.29 is 13.9 Å². The zero-order chi connectivity index (χ0) is 20.3. The first kappa shape index (κ1) is 19.3. The van der Waals surface area contributed by atoms with Crippen molar-refractivity contribution in [2.24, 2.45) is 0 Å². The number of rotatable bonds is 5. The van der Waals surface area contributed by atoms with Crippen LogP contribution >= 0.6 is 0 Å². The van der Waals surface area contributed by atoms with Gasteiger partial charge in [0.05, 0.1) is 13.1 Å². The molecule has 0 spiro atoms. The van der Waals surface area contributed by atoms with Gasteiger partial charge in [0, 0.05) is 41.2 Å². The predicted molar refractivity (Wildman–Crippen MR) is 102 cm³/mol. The third kappa shape index (κ3) is 3.93. The van der Waals surface area contributed by atoms with Crippen LogP contribution in [0.3, 0.4) is 0 Å². The standard InChI is InChI=1S/C21H18F2N2O3/c1-2-17(26)14-8-9-19(28)25(11-14)13-16-7-6-15(20(22)21(16)23)12-24-10-4-3-5-18(24)27/h2-11,26H,12-13H2,1H3. The van der Waals surface area contributed by atoms with Crippen molar-refractivity contribution in [2.75, 3.05) is 0 Å². The van der Waals surface area contributed by atoms with Gasteiger partial charge in [0.1, 0.15) is 5.76 Å². The molecule has 0 atom stereocenters. The largest absolute Gasteiger partial charge is 0.508 e. The van der Waals surface area contributed by atoms with E-state index in [4.69, 9.17) is 0 Å². The van der Waals surface area contributed by atoms with Gasteiger partial charge in [0.15, 0.2) is 11.6 Å². The maximum atomic E-state index is 14.6. The van der Waals surface area contributed by atoms with Crippen molar-refractivity contribution in [3.63, 3.8) is 0 Å². The van der Waals surface area contributed by atoms with Gasteiger partial charge in [0.25, 0.3) is 11.1 Å². The third-order valence-electron chi connectivity index (χ3n) is 4.38. The summed E-state index contributed by atoms with van der Waals surface area (Å²) in [6.45, 7) is 1.34. The number of halogens is 2. The number of allylic oxidation sites excluding steroid dienone is 1. The van der Waals surface area contributed by atoms with Gasteiger partial charge >= 0.3 is 0 Å². The molecule has 7 heteroatoms. The van der Waals surface area contributed by atoms with Gasteiger partial charge in [-0.05, 0) is 25.1 Å². The van der Waals surface area contributed by atoms with Crippen molar-refractivity contribution in [1.29, 1.82) is 0 Å². The molecule has 5 nitrogen and oxygen atoms in total. The molecule has 2 heterocycles. The zero-order valence-electron chi connectivity index (χ0n) is 15.1. The minimum absolute atomic E-state index is 0.0131. The van der Waals surface area contributed by atoms with Gasteiger partial charge < -0.3 is 14.2 Å². The lowest BCUT2D eigenvalue weighted by Gasteiger charge is -2.12.